The van der Waals surface area contributed by atoms with Gasteiger partial charge < -0.3 is 0 Å². The molecule has 2 aromatic heterocycles. The normalized spacial score (nSPS) is 10.9. The van der Waals surface area contributed by atoms with Gasteiger partial charge in [0.2, 0.25) is 0 Å². The molecule has 0 spiro atoms. The Morgan fingerprint density at radius 2 is 1.78 bits per heavy atom. The number of fused-ring (bicyclic) bond motifs is 1. The lowest BCUT2D eigenvalue weighted by molar-refractivity contribution is 0.102. The van der Waals surface area contributed by atoms with Gasteiger partial charge in [0, 0.05) is 10.8 Å². The van der Waals surface area contributed by atoms with Crippen LogP contribution in [0.25, 0.3) is 10.8 Å². The van der Waals surface area contributed by atoms with Crippen molar-refractivity contribution in [3.8, 4) is 0 Å². The highest BCUT2D eigenvalue weighted by Crippen LogP contribution is 2.18. The number of hydrogen-bond donors (Lipinski definition) is 1. The number of rotatable bonds is 4. The Morgan fingerprint density at radius 1 is 1.07 bits per heavy atom. The third kappa shape index (κ3) is 3.50. The zero-order valence-corrected chi connectivity index (χ0v) is 15.4. The summed E-state index contributed by atoms with van der Waals surface area (Å²) in [4.78, 5) is 29.9. The summed E-state index contributed by atoms with van der Waals surface area (Å²) in [7, 11) is 0. The minimum atomic E-state index is -0.387. The number of anilines is 1. The smallest absolute Gasteiger partial charge is 0.278 e. The van der Waals surface area contributed by atoms with E-state index >= 15 is 0 Å². The van der Waals surface area contributed by atoms with Gasteiger partial charge in [0.25, 0.3) is 11.5 Å². The number of amides is 1. The number of carbonyl (C=O) groups excluding carboxylic acids is 1. The molecule has 0 bridgehead atoms. The number of aryl methyl sites for hydroxylation is 1. The lowest BCUT2D eigenvalue weighted by Gasteiger charge is -2.10. The van der Waals surface area contributed by atoms with E-state index < -0.39 is 0 Å². The van der Waals surface area contributed by atoms with E-state index in [9.17, 15) is 9.59 Å². The van der Waals surface area contributed by atoms with E-state index in [0.717, 1.165) is 11.3 Å². The minimum absolute atomic E-state index is 0.203. The van der Waals surface area contributed by atoms with Crippen molar-refractivity contribution in [1.29, 1.82) is 0 Å². The topological polar surface area (TPSA) is 76.9 Å². The van der Waals surface area contributed by atoms with Gasteiger partial charge in [0.1, 0.15) is 0 Å². The predicted octanol–water partition coefficient (Wildman–Crippen LogP) is 3.46. The molecule has 0 aliphatic heterocycles. The fourth-order valence-electron chi connectivity index (χ4n) is 2.83. The van der Waals surface area contributed by atoms with Crippen molar-refractivity contribution in [3.63, 3.8) is 0 Å². The van der Waals surface area contributed by atoms with Crippen LogP contribution >= 0.6 is 11.3 Å². The zero-order chi connectivity index (χ0) is 18.8. The Hall–Kier alpha value is -3.32. The Bertz CT molecular complexity index is 1180. The third-order valence-electron chi connectivity index (χ3n) is 4.10. The van der Waals surface area contributed by atoms with E-state index in [2.05, 4.69) is 15.4 Å². The average Bonchev–Trinajstić information content (AvgIpc) is 3.09. The molecule has 134 valence electrons. The number of aromatic nitrogens is 3. The SMILES string of the molecule is Cc1csc(NC(=O)c2nn(Cc3ccccc3)c(=O)c3ccccc23)n1. The van der Waals surface area contributed by atoms with Crippen LogP contribution in [-0.2, 0) is 6.54 Å². The standard InChI is InChI=1S/C20H16N4O2S/c1-13-12-27-20(21-13)22-18(25)17-15-9-5-6-10-16(15)19(26)24(23-17)11-14-7-3-2-4-8-14/h2-10,12H,11H2,1H3,(H,21,22,25). The second-order valence-electron chi connectivity index (χ2n) is 6.09. The summed E-state index contributed by atoms with van der Waals surface area (Å²) in [5.41, 5.74) is 1.75. The first kappa shape index (κ1) is 17.1. The molecule has 0 aliphatic carbocycles. The van der Waals surface area contributed by atoms with Crippen molar-refractivity contribution in [2.75, 3.05) is 5.32 Å². The monoisotopic (exact) mass is 376 g/mol. The Balaban J connectivity index is 1.80. The zero-order valence-electron chi connectivity index (χ0n) is 14.5. The van der Waals surface area contributed by atoms with Crippen LogP contribution in [0.5, 0.6) is 0 Å². The van der Waals surface area contributed by atoms with E-state index in [1.807, 2.05) is 42.6 Å². The molecule has 0 saturated heterocycles. The van der Waals surface area contributed by atoms with Gasteiger partial charge in [-0.25, -0.2) is 9.67 Å². The molecule has 1 N–H and O–H groups in total. The Morgan fingerprint density at radius 3 is 2.48 bits per heavy atom. The largest absolute Gasteiger partial charge is 0.296 e. The highest BCUT2D eigenvalue weighted by Gasteiger charge is 2.18. The number of carbonyl (C=O) groups is 1. The summed E-state index contributed by atoms with van der Waals surface area (Å²) in [6.07, 6.45) is 0. The highest BCUT2D eigenvalue weighted by atomic mass is 32.1. The fourth-order valence-corrected chi connectivity index (χ4v) is 3.52. The Kier molecular flexibility index (Phi) is 4.52. The predicted molar refractivity (Wildman–Crippen MR) is 106 cm³/mol. The molecular formula is C20H16N4O2S. The summed E-state index contributed by atoms with van der Waals surface area (Å²) in [6, 6.07) is 16.6. The molecular weight excluding hydrogens is 360 g/mol. The first-order valence-electron chi connectivity index (χ1n) is 8.39. The van der Waals surface area contributed by atoms with Crippen molar-refractivity contribution in [2.45, 2.75) is 13.5 Å². The molecule has 0 radical (unpaired) electrons. The van der Waals surface area contributed by atoms with E-state index in [-0.39, 0.29) is 17.2 Å². The highest BCUT2D eigenvalue weighted by molar-refractivity contribution is 7.13. The van der Waals surface area contributed by atoms with E-state index in [1.54, 1.807) is 24.3 Å². The van der Waals surface area contributed by atoms with Gasteiger partial charge in [-0.15, -0.1) is 11.3 Å². The maximum Gasteiger partial charge on any atom is 0.278 e. The molecule has 27 heavy (non-hydrogen) atoms. The summed E-state index contributed by atoms with van der Waals surface area (Å²) in [5.74, 6) is -0.387. The van der Waals surface area contributed by atoms with Gasteiger partial charge in [-0.1, -0.05) is 48.5 Å². The minimum Gasteiger partial charge on any atom is -0.296 e. The van der Waals surface area contributed by atoms with E-state index in [0.29, 0.717) is 22.4 Å². The van der Waals surface area contributed by atoms with Crippen LogP contribution in [0.4, 0.5) is 5.13 Å². The van der Waals surface area contributed by atoms with Crippen LogP contribution in [0.3, 0.4) is 0 Å². The van der Waals surface area contributed by atoms with Crippen molar-refractivity contribution < 1.29 is 4.79 Å². The van der Waals surface area contributed by atoms with Crippen LogP contribution in [0.15, 0.2) is 64.8 Å². The lowest BCUT2D eigenvalue weighted by Crippen LogP contribution is -2.28. The quantitative estimate of drug-likeness (QED) is 0.592. The van der Waals surface area contributed by atoms with Gasteiger partial charge in [-0.2, -0.15) is 5.10 Å². The van der Waals surface area contributed by atoms with Gasteiger partial charge in [-0.05, 0) is 18.6 Å². The molecule has 4 rings (SSSR count). The van der Waals surface area contributed by atoms with Crippen LogP contribution < -0.4 is 10.9 Å². The number of benzene rings is 2. The van der Waals surface area contributed by atoms with Crippen molar-refractivity contribution in [1.82, 2.24) is 14.8 Å². The van der Waals surface area contributed by atoms with Gasteiger partial charge in [0.15, 0.2) is 10.8 Å². The maximum absolute atomic E-state index is 12.8. The molecule has 7 heteroatoms. The van der Waals surface area contributed by atoms with Crippen molar-refractivity contribution >= 4 is 33.1 Å². The number of thiazole rings is 1. The summed E-state index contributed by atoms with van der Waals surface area (Å²) >= 11 is 1.35. The summed E-state index contributed by atoms with van der Waals surface area (Å²) in [6.45, 7) is 2.15. The average molecular weight is 376 g/mol. The number of nitrogens with zero attached hydrogens (tertiary/aromatic N) is 3. The molecule has 1 amide bonds. The second kappa shape index (κ2) is 7.13. The lowest BCUT2D eigenvalue weighted by atomic mass is 10.1. The van der Waals surface area contributed by atoms with Crippen LogP contribution in [0.2, 0.25) is 0 Å². The fraction of sp³-hybridized carbons (Fsp3) is 0.100. The van der Waals surface area contributed by atoms with Crippen molar-refractivity contribution in [3.05, 3.63) is 87.3 Å². The summed E-state index contributed by atoms with van der Waals surface area (Å²) in [5, 5.41) is 10.5. The second-order valence-corrected chi connectivity index (χ2v) is 6.95. The molecule has 6 nitrogen and oxygen atoms in total. The van der Waals surface area contributed by atoms with Gasteiger partial charge in [-0.3, -0.25) is 14.9 Å². The molecule has 4 aromatic rings. The molecule has 0 atom stereocenters. The molecule has 0 saturated carbocycles. The molecule has 2 aromatic carbocycles. The van der Waals surface area contributed by atoms with Gasteiger partial charge >= 0.3 is 0 Å². The van der Waals surface area contributed by atoms with Crippen LogP contribution in [-0.4, -0.2) is 20.7 Å². The van der Waals surface area contributed by atoms with Crippen molar-refractivity contribution in [2.24, 2.45) is 0 Å². The molecule has 2 heterocycles. The third-order valence-corrected chi connectivity index (χ3v) is 4.97. The summed E-state index contributed by atoms with van der Waals surface area (Å²) < 4.78 is 1.33. The van der Waals surface area contributed by atoms with Crippen LogP contribution in [0, 0.1) is 6.92 Å². The van der Waals surface area contributed by atoms with Gasteiger partial charge in [0.05, 0.1) is 17.6 Å². The van der Waals surface area contributed by atoms with E-state index in [4.69, 9.17) is 0 Å². The maximum atomic E-state index is 12.8. The first-order chi connectivity index (χ1) is 13.1. The van der Waals surface area contributed by atoms with E-state index in [1.165, 1.54) is 16.0 Å². The number of hydrogen-bond acceptors (Lipinski definition) is 5. The first-order valence-corrected chi connectivity index (χ1v) is 9.27. The number of nitrogens with one attached hydrogen (secondary N) is 1. The molecule has 0 aliphatic rings. The Labute approximate surface area is 159 Å². The molecule has 0 fully saturated rings. The van der Waals surface area contributed by atoms with Crippen LogP contribution in [0.1, 0.15) is 21.7 Å². The molecule has 0 unspecified atom stereocenters.